The second-order valence-electron chi connectivity index (χ2n) is 7.19. The van der Waals surface area contributed by atoms with Crippen LogP contribution in [0.1, 0.15) is 28.4 Å². The lowest BCUT2D eigenvalue weighted by Crippen LogP contribution is -2.30. The molecule has 0 saturated carbocycles. The van der Waals surface area contributed by atoms with Crippen molar-refractivity contribution in [1.29, 1.82) is 0 Å². The van der Waals surface area contributed by atoms with Crippen LogP contribution in [0.2, 0.25) is 0 Å². The van der Waals surface area contributed by atoms with E-state index in [0.717, 1.165) is 11.1 Å². The largest absolute Gasteiger partial charge is 0.449 e. The number of rotatable bonds is 7. The molecular formula is C25H24N2O4. The normalized spacial score (nSPS) is 11.3. The number of carbonyl (C=O) groups is 3. The van der Waals surface area contributed by atoms with Crippen molar-refractivity contribution in [2.75, 3.05) is 10.6 Å². The van der Waals surface area contributed by atoms with Gasteiger partial charge in [0.2, 0.25) is 5.91 Å². The first-order valence-electron chi connectivity index (χ1n) is 9.93. The molecule has 2 amide bonds. The lowest BCUT2D eigenvalue weighted by atomic mass is 10.1. The standard InChI is InChI=1S/C25H24N2O4/c1-17-8-12-22(13-9-17)27-24(29)18(2)31-25(30)20-10-14-21(15-11-20)26-23(28)16-19-6-4-3-5-7-19/h3-15,18H,16H2,1-2H3,(H,26,28)(H,27,29)/t18-/m0/s1. The van der Waals surface area contributed by atoms with Gasteiger partial charge >= 0.3 is 5.97 Å². The van der Waals surface area contributed by atoms with Crippen LogP contribution >= 0.6 is 0 Å². The Morgan fingerprint density at radius 1 is 0.806 bits per heavy atom. The number of esters is 1. The predicted molar refractivity (Wildman–Crippen MR) is 120 cm³/mol. The van der Waals surface area contributed by atoms with E-state index >= 15 is 0 Å². The van der Waals surface area contributed by atoms with Gasteiger partial charge in [-0.1, -0.05) is 48.0 Å². The second-order valence-corrected chi connectivity index (χ2v) is 7.19. The molecule has 0 fully saturated rings. The van der Waals surface area contributed by atoms with E-state index in [1.54, 1.807) is 36.4 Å². The van der Waals surface area contributed by atoms with Crippen molar-refractivity contribution < 1.29 is 19.1 Å². The van der Waals surface area contributed by atoms with Crippen molar-refractivity contribution >= 4 is 29.2 Å². The van der Waals surface area contributed by atoms with Crippen molar-refractivity contribution in [2.45, 2.75) is 26.4 Å². The molecule has 31 heavy (non-hydrogen) atoms. The number of aryl methyl sites for hydroxylation is 1. The molecule has 3 rings (SSSR count). The topological polar surface area (TPSA) is 84.5 Å². The maximum absolute atomic E-state index is 12.3. The van der Waals surface area contributed by atoms with E-state index in [-0.39, 0.29) is 17.9 Å². The molecule has 0 heterocycles. The fourth-order valence-electron chi connectivity index (χ4n) is 2.84. The van der Waals surface area contributed by atoms with Gasteiger partial charge < -0.3 is 15.4 Å². The van der Waals surface area contributed by atoms with Crippen molar-refractivity contribution in [2.24, 2.45) is 0 Å². The third-order valence-corrected chi connectivity index (χ3v) is 4.58. The molecule has 0 bridgehead atoms. The Kier molecular flexibility index (Phi) is 7.17. The van der Waals surface area contributed by atoms with Gasteiger partial charge in [-0.15, -0.1) is 0 Å². The number of nitrogens with one attached hydrogen (secondary N) is 2. The van der Waals surface area contributed by atoms with Crippen molar-refractivity contribution in [3.63, 3.8) is 0 Å². The van der Waals surface area contributed by atoms with Gasteiger partial charge in [0.05, 0.1) is 12.0 Å². The molecule has 0 saturated heterocycles. The number of hydrogen-bond donors (Lipinski definition) is 2. The third kappa shape index (κ3) is 6.54. The van der Waals surface area contributed by atoms with Crippen LogP contribution in [0.4, 0.5) is 11.4 Å². The Morgan fingerprint density at radius 2 is 1.39 bits per heavy atom. The highest BCUT2D eigenvalue weighted by molar-refractivity contribution is 5.98. The fourth-order valence-corrected chi connectivity index (χ4v) is 2.84. The van der Waals surface area contributed by atoms with E-state index in [2.05, 4.69) is 10.6 Å². The Labute approximate surface area is 181 Å². The summed E-state index contributed by atoms with van der Waals surface area (Å²) in [6.07, 6.45) is -0.697. The van der Waals surface area contributed by atoms with Gasteiger partial charge in [-0.05, 0) is 55.8 Å². The summed E-state index contributed by atoms with van der Waals surface area (Å²) < 4.78 is 5.26. The summed E-state index contributed by atoms with van der Waals surface area (Å²) in [7, 11) is 0. The van der Waals surface area contributed by atoms with Gasteiger partial charge in [-0.2, -0.15) is 0 Å². The highest BCUT2D eigenvalue weighted by Crippen LogP contribution is 2.14. The summed E-state index contributed by atoms with van der Waals surface area (Å²) >= 11 is 0. The Hall–Kier alpha value is -3.93. The van der Waals surface area contributed by atoms with Gasteiger partial charge in [0, 0.05) is 11.4 Å². The zero-order valence-electron chi connectivity index (χ0n) is 17.4. The molecular weight excluding hydrogens is 392 g/mol. The predicted octanol–water partition coefficient (Wildman–Crippen LogP) is 4.36. The molecule has 6 heteroatoms. The lowest BCUT2D eigenvalue weighted by Gasteiger charge is -2.14. The second kappa shape index (κ2) is 10.2. The summed E-state index contributed by atoms with van der Waals surface area (Å²) in [5, 5.41) is 5.50. The van der Waals surface area contributed by atoms with Gasteiger partial charge in [0.1, 0.15) is 0 Å². The quantitative estimate of drug-likeness (QED) is 0.561. The average molecular weight is 416 g/mol. The number of carbonyl (C=O) groups excluding carboxylic acids is 3. The number of amides is 2. The highest BCUT2D eigenvalue weighted by Gasteiger charge is 2.19. The Balaban J connectivity index is 1.51. The summed E-state index contributed by atoms with van der Waals surface area (Å²) in [5.41, 5.74) is 3.49. The first-order valence-corrected chi connectivity index (χ1v) is 9.93. The van der Waals surface area contributed by atoms with E-state index in [9.17, 15) is 14.4 Å². The van der Waals surface area contributed by atoms with E-state index in [4.69, 9.17) is 4.74 Å². The number of ether oxygens (including phenoxy) is 1. The minimum absolute atomic E-state index is 0.150. The zero-order chi connectivity index (χ0) is 22.2. The zero-order valence-corrected chi connectivity index (χ0v) is 17.4. The van der Waals surface area contributed by atoms with Crippen LogP contribution in [0, 0.1) is 6.92 Å². The Morgan fingerprint density at radius 3 is 2.03 bits per heavy atom. The first kappa shape index (κ1) is 21.8. The summed E-state index contributed by atoms with van der Waals surface area (Å²) in [5.74, 6) is -1.18. The van der Waals surface area contributed by atoms with Gasteiger partial charge in [-0.25, -0.2) is 4.79 Å². The van der Waals surface area contributed by atoms with Crippen LogP contribution in [0.15, 0.2) is 78.9 Å². The Bertz CT molecular complexity index is 1050. The monoisotopic (exact) mass is 416 g/mol. The third-order valence-electron chi connectivity index (χ3n) is 4.58. The molecule has 3 aromatic rings. The molecule has 3 aromatic carbocycles. The summed E-state index contributed by atoms with van der Waals surface area (Å²) in [6, 6.07) is 23.1. The van der Waals surface area contributed by atoms with Gasteiger partial charge in [0.15, 0.2) is 6.10 Å². The van der Waals surface area contributed by atoms with Crippen molar-refractivity contribution in [3.8, 4) is 0 Å². The highest BCUT2D eigenvalue weighted by atomic mass is 16.5. The van der Waals surface area contributed by atoms with Crippen LogP contribution in [0.3, 0.4) is 0 Å². The molecule has 0 aliphatic rings. The molecule has 0 radical (unpaired) electrons. The van der Waals surface area contributed by atoms with Gasteiger partial charge in [-0.3, -0.25) is 9.59 Å². The minimum Gasteiger partial charge on any atom is -0.449 e. The van der Waals surface area contributed by atoms with Crippen LogP contribution in [-0.4, -0.2) is 23.9 Å². The molecule has 0 spiro atoms. The molecule has 0 aliphatic carbocycles. The maximum Gasteiger partial charge on any atom is 0.338 e. The molecule has 0 aromatic heterocycles. The minimum atomic E-state index is -0.959. The van der Waals surface area contributed by atoms with Crippen LogP contribution in [-0.2, 0) is 20.7 Å². The molecule has 0 aliphatic heterocycles. The molecule has 2 N–H and O–H groups in total. The molecule has 0 unspecified atom stereocenters. The average Bonchev–Trinajstić information content (AvgIpc) is 2.76. The van der Waals surface area contributed by atoms with Crippen LogP contribution in [0.5, 0.6) is 0 Å². The number of benzene rings is 3. The van der Waals surface area contributed by atoms with Gasteiger partial charge in [0.25, 0.3) is 5.91 Å². The maximum atomic E-state index is 12.3. The van der Waals surface area contributed by atoms with Crippen molar-refractivity contribution in [1.82, 2.24) is 0 Å². The SMILES string of the molecule is Cc1ccc(NC(=O)[C@H](C)OC(=O)c2ccc(NC(=O)Cc3ccccc3)cc2)cc1. The number of anilines is 2. The van der Waals surface area contributed by atoms with Crippen LogP contribution in [0.25, 0.3) is 0 Å². The molecule has 6 nitrogen and oxygen atoms in total. The number of hydrogen-bond acceptors (Lipinski definition) is 4. The molecule has 1 atom stereocenters. The van der Waals surface area contributed by atoms with E-state index in [1.165, 1.54) is 6.92 Å². The lowest BCUT2D eigenvalue weighted by molar-refractivity contribution is -0.123. The van der Waals surface area contributed by atoms with E-state index in [0.29, 0.717) is 11.4 Å². The smallest absolute Gasteiger partial charge is 0.338 e. The molecule has 158 valence electrons. The van der Waals surface area contributed by atoms with E-state index < -0.39 is 18.0 Å². The van der Waals surface area contributed by atoms with E-state index in [1.807, 2.05) is 49.4 Å². The fraction of sp³-hybridized carbons (Fsp3) is 0.160. The summed E-state index contributed by atoms with van der Waals surface area (Å²) in [6.45, 7) is 3.47. The van der Waals surface area contributed by atoms with Crippen LogP contribution < -0.4 is 10.6 Å². The summed E-state index contributed by atoms with van der Waals surface area (Å²) in [4.78, 5) is 36.7. The van der Waals surface area contributed by atoms with Crippen molar-refractivity contribution in [3.05, 3.63) is 95.6 Å². The first-order chi connectivity index (χ1) is 14.9.